The number of cyclic esters (lactones) is 1. The minimum atomic E-state index is -0.193. The quantitative estimate of drug-likeness (QED) is 0.548. The van der Waals surface area contributed by atoms with E-state index in [1.807, 2.05) is 13.0 Å². The maximum Gasteiger partial charge on any atom is 0.334 e. The summed E-state index contributed by atoms with van der Waals surface area (Å²) in [7, 11) is 0. The normalized spacial score (nSPS) is 17.9. The van der Waals surface area contributed by atoms with Crippen LogP contribution in [0.25, 0.3) is 0 Å². The summed E-state index contributed by atoms with van der Waals surface area (Å²) in [5.74, 6) is -0.193. The highest BCUT2D eigenvalue weighted by atomic mass is 16.5. The Balaban J connectivity index is 2.13. The van der Waals surface area contributed by atoms with Gasteiger partial charge in [0.15, 0.2) is 0 Å². The number of allylic oxidation sites excluding steroid dienone is 1. The third kappa shape index (κ3) is 5.18. The first-order valence-electron chi connectivity index (χ1n) is 6.32. The van der Waals surface area contributed by atoms with E-state index < -0.39 is 0 Å². The van der Waals surface area contributed by atoms with Crippen LogP contribution in [-0.2, 0) is 9.53 Å². The van der Waals surface area contributed by atoms with Crippen LogP contribution >= 0.6 is 0 Å². The number of carbonyl (C=O) groups is 1. The number of carbonyl (C=O) groups excluding carboxylic acids is 1. The molecule has 3 nitrogen and oxygen atoms in total. The Hall–Kier alpha value is -1.09. The molecule has 0 amide bonds. The predicted octanol–water partition coefficient (Wildman–Crippen LogP) is 2.75. The minimum Gasteiger partial charge on any atom is -0.457 e. The highest BCUT2D eigenvalue weighted by molar-refractivity contribution is 5.91. The molecule has 0 bridgehead atoms. The zero-order valence-corrected chi connectivity index (χ0v) is 10.7. The van der Waals surface area contributed by atoms with Crippen molar-refractivity contribution in [2.75, 3.05) is 6.61 Å². The average Bonchev–Trinajstić information content (AvgIpc) is 2.59. The number of esters is 1. The van der Waals surface area contributed by atoms with Crippen molar-refractivity contribution in [2.45, 2.75) is 52.1 Å². The topological polar surface area (TPSA) is 46.5 Å². The number of rotatable bonds is 7. The Morgan fingerprint density at radius 1 is 1.41 bits per heavy atom. The number of aliphatic hydroxyl groups excluding tert-OH is 1. The zero-order chi connectivity index (χ0) is 12.7. The van der Waals surface area contributed by atoms with E-state index in [1.54, 1.807) is 6.92 Å². The van der Waals surface area contributed by atoms with E-state index in [4.69, 9.17) is 9.84 Å². The third-order valence-corrected chi connectivity index (χ3v) is 2.96. The first-order valence-corrected chi connectivity index (χ1v) is 6.32. The van der Waals surface area contributed by atoms with Crippen molar-refractivity contribution >= 4 is 5.97 Å². The molecule has 1 unspecified atom stereocenters. The van der Waals surface area contributed by atoms with Gasteiger partial charge in [-0.25, -0.2) is 4.79 Å². The van der Waals surface area contributed by atoms with Gasteiger partial charge in [0.05, 0.1) is 6.10 Å². The second-order valence-electron chi connectivity index (χ2n) is 4.62. The molecule has 0 spiro atoms. The van der Waals surface area contributed by atoms with E-state index in [0.717, 1.165) is 43.3 Å². The van der Waals surface area contributed by atoms with Gasteiger partial charge in [0, 0.05) is 5.57 Å². The van der Waals surface area contributed by atoms with Crippen LogP contribution in [0.4, 0.5) is 0 Å². The summed E-state index contributed by atoms with van der Waals surface area (Å²) in [4.78, 5) is 11.1. The Kier molecular flexibility index (Phi) is 5.98. The van der Waals surface area contributed by atoms with Crippen molar-refractivity contribution in [2.24, 2.45) is 0 Å². The standard InChI is InChI=1S/C14H22O3/c1-11(15)8-6-4-3-5-7-9-13-10-17-14(16)12(13)2/h7,9,11,15H,3-6,8,10H2,1-2H3. The average molecular weight is 238 g/mol. The molecule has 1 rings (SSSR count). The molecular formula is C14H22O3. The van der Waals surface area contributed by atoms with Crippen LogP contribution in [0, 0.1) is 0 Å². The van der Waals surface area contributed by atoms with Gasteiger partial charge >= 0.3 is 5.97 Å². The highest BCUT2D eigenvalue weighted by Crippen LogP contribution is 2.16. The van der Waals surface area contributed by atoms with Gasteiger partial charge in [-0.15, -0.1) is 0 Å². The maximum atomic E-state index is 11.1. The Bertz CT molecular complexity index is 313. The summed E-state index contributed by atoms with van der Waals surface area (Å²) in [6, 6.07) is 0. The molecule has 0 saturated heterocycles. The van der Waals surface area contributed by atoms with E-state index >= 15 is 0 Å². The lowest BCUT2D eigenvalue weighted by Gasteiger charge is -2.02. The number of unbranched alkanes of at least 4 members (excludes halogenated alkanes) is 3. The molecule has 17 heavy (non-hydrogen) atoms. The van der Waals surface area contributed by atoms with E-state index in [2.05, 4.69) is 6.08 Å². The fourth-order valence-electron chi connectivity index (χ4n) is 1.77. The molecule has 3 heteroatoms. The van der Waals surface area contributed by atoms with Gasteiger partial charge < -0.3 is 9.84 Å². The molecule has 0 fully saturated rings. The summed E-state index contributed by atoms with van der Waals surface area (Å²) in [5.41, 5.74) is 1.73. The molecule has 1 heterocycles. The molecule has 96 valence electrons. The molecule has 1 N–H and O–H groups in total. The molecule has 0 aromatic carbocycles. The SMILES string of the molecule is CC1=C(C=CCCCCCC(C)O)COC1=O. The zero-order valence-electron chi connectivity index (χ0n) is 10.7. The molecular weight excluding hydrogens is 216 g/mol. The summed E-state index contributed by atoms with van der Waals surface area (Å²) < 4.78 is 4.91. The van der Waals surface area contributed by atoms with Crippen molar-refractivity contribution in [3.63, 3.8) is 0 Å². The minimum absolute atomic E-state index is 0.181. The number of hydrogen-bond acceptors (Lipinski definition) is 3. The van der Waals surface area contributed by atoms with Crippen LogP contribution in [0.2, 0.25) is 0 Å². The van der Waals surface area contributed by atoms with Gasteiger partial charge in [-0.05, 0) is 38.7 Å². The molecule has 0 saturated carbocycles. The maximum absolute atomic E-state index is 11.1. The van der Waals surface area contributed by atoms with Gasteiger partial charge in [0.2, 0.25) is 0 Å². The molecule has 1 aliphatic heterocycles. The first-order chi connectivity index (χ1) is 8.11. The van der Waals surface area contributed by atoms with Gasteiger partial charge in [-0.1, -0.05) is 25.0 Å². The summed E-state index contributed by atoms with van der Waals surface area (Å²) in [6.45, 7) is 4.05. The molecule has 0 aromatic heterocycles. The third-order valence-electron chi connectivity index (χ3n) is 2.96. The molecule has 1 aliphatic rings. The lowest BCUT2D eigenvalue weighted by atomic mass is 10.1. The Labute approximate surface area is 103 Å². The van der Waals surface area contributed by atoms with Gasteiger partial charge in [-0.2, -0.15) is 0 Å². The van der Waals surface area contributed by atoms with Crippen molar-refractivity contribution in [3.8, 4) is 0 Å². The monoisotopic (exact) mass is 238 g/mol. The van der Waals surface area contributed by atoms with Gasteiger partial charge in [0.1, 0.15) is 6.61 Å². The van der Waals surface area contributed by atoms with Crippen LogP contribution in [0.5, 0.6) is 0 Å². The molecule has 0 radical (unpaired) electrons. The van der Waals surface area contributed by atoms with Gasteiger partial charge in [-0.3, -0.25) is 0 Å². The van der Waals surface area contributed by atoms with Crippen molar-refractivity contribution < 1.29 is 14.6 Å². The number of ether oxygens (including phenoxy) is 1. The second-order valence-corrected chi connectivity index (χ2v) is 4.62. The van der Waals surface area contributed by atoms with E-state index in [9.17, 15) is 4.79 Å². The predicted molar refractivity (Wildman–Crippen MR) is 67.6 cm³/mol. The smallest absolute Gasteiger partial charge is 0.334 e. The summed E-state index contributed by atoms with van der Waals surface area (Å²) in [5, 5.41) is 9.09. The number of aliphatic hydroxyl groups is 1. The van der Waals surface area contributed by atoms with E-state index in [-0.39, 0.29) is 12.1 Å². The van der Waals surface area contributed by atoms with Crippen LogP contribution in [0.3, 0.4) is 0 Å². The van der Waals surface area contributed by atoms with E-state index in [0.29, 0.717) is 6.61 Å². The summed E-state index contributed by atoms with van der Waals surface area (Å²) in [6.07, 6.45) is 9.17. The molecule has 0 aromatic rings. The van der Waals surface area contributed by atoms with Crippen LogP contribution in [-0.4, -0.2) is 23.8 Å². The number of hydrogen-bond donors (Lipinski definition) is 1. The Morgan fingerprint density at radius 2 is 2.18 bits per heavy atom. The highest BCUT2D eigenvalue weighted by Gasteiger charge is 2.17. The van der Waals surface area contributed by atoms with Crippen molar-refractivity contribution in [1.82, 2.24) is 0 Å². The van der Waals surface area contributed by atoms with Crippen LogP contribution in [0.1, 0.15) is 46.0 Å². The fraction of sp³-hybridized carbons (Fsp3) is 0.643. The lowest BCUT2D eigenvalue weighted by Crippen LogP contribution is -1.97. The second kappa shape index (κ2) is 7.28. The largest absolute Gasteiger partial charge is 0.457 e. The first kappa shape index (κ1) is 14.0. The van der Waals surface area contributed by atoms with Crippen molar-refractivity contribution in [1.29, 1.82) is 0 Å². The Morgan fingerprint density at radius 3 is 2.76 bits per heavy atom. The van der Waals surface area contributed by atoms with Crippen molar-refractivity contribution in [3.05, 3.63) is 23.3 Å². The van der Waals surface area contributed by atoms with E-state index in [1.165, 1.54) is 0 Å². The van der Waals surface area contributed by atoms with Crippen LogP contribution < -0.4 is 0 Å². The summed E-state index contributed by atoms with van der Waals surface area (Å²) >= 11 is 0. The van der Waals surface area contributed by atoms with Gasteiger partial charge in [0.25, 0.3) is 0 Å². The molecule has 1 atom stereocenters. The lowest BCUT2D eigenvalue weighted by molar-refractivity contribution is -0.135. The van der Waals surface area contributed by atoms with Crippen LogP contribution in [0.15, 0.2) is 23.3 Å². The molecule has 0 aliphatic carbocycles. The fourth-order valence-corrected chi connectivity index (χ4v) is 1.77.